The number of hydrogen-bond acceptors (Lipinski definition) is 6. The highest BCUT2D eigenvalue weighted by Crippen LogP contribution is 2.37. The Morgan fingerprint density at radius 1 is 1.16 bits per heavy atom. The van der Waals surface area contributed by atoms with E-state index in [4.69, 9.17) is 9.72 Å². The van der Waals surface area contributed by atoms with Gasteiger partial charge < -0.3 is 14.5 Å². The van der Waals surface area contributed by atoms with Gasteiger partial charge in [-0.15, -0.1) is 0 Å². The fourth-order valence-corrected chi connectivity index (χ4v) is 4.17. The van der Waals surface area contributed by atoms with E-state index in [1.807, 2.05) is 68.3 Å². The summed E-state index contributed by atoms with van der Waals surface area (Å²) in [6.07, 6.45) is 6.41. The monoisotopic (exact) mass is 434 g/mol. The lowest BCUT2D eigenvalue weighted by Crippen LogP contribution is -2.39. The molecular weight excluding hydrogens is 404 g/mol. The smallest absolute Gasteiger partial charge is 0.257 e. The number of piperidine rings is 1. The third-order valence-corrected chi connectivity index (χ3v) is 6.15. The van der Waals surface area contributed by atoms with E-state index in [-0.39, 0.29) is 11.9 Å². The quantitative estimate of drug-likeness (QED) is 0.610. The largest absolute Gasteiger partial charge is 0.497 e. The molecule has 3 aromatic rings. The van der Waals surface area contributed by atoms with Crippen LogP contribution in [-0.4, -0.2) is 58.3 Å². The Bertz CT molecular complexity index is 1110. The summed E-state index contributed by atoms with van der Waals surface area (Å²) in [6.45, 7) is 2.62. The fraction of sp³-hybridized carbons (Fsp3) is 0.417. The van der Waals surface area contributed by atoms with Gasteiger partial charge >= 0.3 is 0 Å². The standard InChI is InChI=1S/C24H30N6O2/c1-16-19(15-26-29(16)4)23(31)30-13-7-6-8-21(30)22-20(14-25-24(27-22)28(2)3)17-9-11-18(32-5)12-10-17/h9-12,14-15,21H,6-8,13H2,1-5H3/t21-/m0/s1. The molecule has 1 atom stereocenters. The molecule has 0 spiro atoms. The first kappa shape index (κ1) is 21.8. The van der Waals surface area contributed by atoms with Crippen LogP contribution < -0.4 is 9.64 Å². The van der Waals surface area contributed by atoms with Gasteiger partial charge in [0.1, 0.15) is 5.75 Å². The van der Waals surface area contributed by atoms with Crippen molar-refractivity contribution in [2.75, 3.05) is 32.6 Å². The number of methoxy groups -OCH3 is 1. The predicted octanol–water partition coefficient (Wildman–Crippen LogP) is 3.63. The van der Waals surface area contributed by atoms with E-state index in [1.54, 1.807) is 18.0 Å². The van der Waals surface area contributed by atoms with Crippen LogP contribution in [0.2, 0.25) is 0 Å². The van der Waals surface area contributed by atoms with Gasteiger partial charge in [0.05, 0.1) is 30.6 Å². The maximum Gasteiger partial charge on any atom is 0.257 e. The van der Waals surface area contributed by atoms with Crippen molar-refractivity contribution in [1.82, 2.24) is 24.6 Å². The van der Waals surface area contributed by atoms with Crippen molar-refractivity contribution in [3.05, 3.63) is 53.6 Å². The molecule has 1 saturated heterocycles. The van der Waals surface area contributed by atoms with E-state index in [0.717, 1.165) is 47.5 Å². The zero-order chi connectivity index (χ0) is 22.8. The second kappa shape index (κ2) is 8.98. The number of carbonyl (C=O) groups is 1. The normalized spacial score (nSPS) is 16.2. The van der Waals surface area contributed by atoms with Crippen molar-refractivity contribution in [2.45, 2.75) is 32.2 Å². The summed E-state index contributed by atoms with van der Waals surface area (Å²) in [7, 11) is 7.36. The lowest BCUT2D eigenvalue weighted by atomic mass is 9.93. The van der Waals surface area contributed by atoms with Gasteiger partial charge in [-0.1, -0.05) is 12.1 Å². The Hall–Kier alpha value is -3.42. The number of amides is 1. The average molecular weight is 435 g/mol. The van der Waals surface area contributed by atoms with Gasteiger partial charge in [0, 0.05) is 45.1 Å². The molecule has 1 aromatic carbocycles. The van der Waals surface area contributed by atoms with Crippen LogP contribution in [0.1, 0.15) is 47.1 Å². The fourth-order valence-electron chi connectivity index (χ4n) is 4.17. The van der Waals surface area contributed by atoms with Crippen molar-refractivity contribution in [2.24, 2.45) is 7.05 Å². The molecule has 0 saturated carbocycles. The number of carbonyl (C=O) groups excluding carboxylic acids is 1. The Kier molecular flexibility index (Phi) is 6.12. The summed E-state index contributed by atoms with van der Waals surface area (Å²) in [5, 5.41) is 4.27. The molecule has 8 nitrogen and oxygen atoms in total. The minimum absolute atomic E-state index is 0.00555. The molecule has 0 N–H and O–H groups in total. The summed E-state index contributed by atoms with van der Waals surface area (Å²) in [5.41, 5.74) is 4.33. The van der Waals surface area contributed by atoms with Crippen molar-refractivity contribution in [3.8, 4) is 16.9 Å². The molecule has 0 radical (unpaired) electrons. The van der Waals surface area contributed by atoms with Crippen LogP contribution in [0.25, 0.3) is 11.1 Å². The first-order chi connectivity index (χ1) is 15.4. The second-order valence-electron chi connectivity index (χ2n) is 8.37. The van der Waals surface area contributed by atoms with E-state index in [1.165, 1.54) is 0 Å². The lowest BCUT2D eigenvalue weighted by Gasteiger charge is -2.36. The molecule has 32 heavy (non-hydrogen) atoms. The number of nitrogens with zero attached hydrogens (tertiary/aromatic N) is 6. The zero-order valence-electron chi connectivity index (χ0n) is 19.4. The van der Waals surface area contributed by atoms with Gasteiger partial charge in [-0.05, 0) is 43.9 Å². The maximum absolute atomic E-state index is 13.6. The van der Waals surface area contributed by atoms with Gasteiger partial charge in [-0.2, -0.15) is 5.10 Å². The van der Waals surface area contributed by atoms with Crippen molar-refractivity contribution in [1.29, 1.82) is 0 Å². The topological polar surface area (TPSA) is 76.4 Å². The first-order valence-corrected chi connectivity index (χ1v) is 10.9. The van der Waals surface area contributed by atoms with E-state index in [9.17, 15) is 4.79 Å². The molecule has 0 unspecified atom stereocenters. The number of rotatable bonds is 5. The summed E-state index contributed by atoms with van der Waals surface area (Å²) in [4.78, 5) is 26.9. The summed E-state index contributed by atoms with van der Waals surface area (Å²) < 4.78 is 7.05. The number of likely N-dealkylation sites (tertiary alicyclic amines) is 1. The molecule has 2 aromatic heterocycles. The maximum atomic E-state index is 13.6. The molecular formula is C24H30N6O2. The van der Waals surface area contributed by atoms with Crippen molar-refractivity contribution in [3.63, 3.8) is 0 Å². The number of aryl methyl sites for hydroxylation is 1. The Morgan fingerprint density at radius 2 is 1.91 bits per heavy atom. The minimum atomic E-state index is -0.130. The Balaban J connectivity index is 1.80. The molecule has 8 heteroatoms. The van der Waals surface area contributed by atoms with Gasteiger partial charge in [0.15, 0.2) is 0 Å². The average Bonchev–Trinajstić information content (AvgIpc) is 3.16. The van der Waals surface area contributed by atoms with E-state index in [2.05, 4.69) is 10.1 Å². The van der Waals surface area contributed by atoms with E-state index < -0.39 is 0 Å². The van der Waals surface area contributed by atoms with Crippen LogP contribution >= 0.6 is 0 Å². The van der Waals surface area contributed by atoms with Crippen molar-refractivity contribution >= 4 is 11.9 Å². The highest BCUT2D eigenvalue weighted by atomic mass is 16.5. The molecule has 0 aliphatic carbocycles. The molecule has 168 valence electrons. The Morgan fingerprint density at radius 3 is 2.53 bits per heavy atom. The Labute approximate surface area is 188 Å². The highest BCUT2D eigenvalue weighted by Gasteiger charge is 2.33. The zero-order valence-corrected chi connectivity index (χ0v) is 19.4. The second-order valence-corrected chi connectivity index (χ2v) is 8.37. The van der Waals surface area contributed by atoms with E-state index in [0.29, 0.717) is 18.1 Å². The molecule has 1 aliphatic rings. The van der Waals surface area contributed by atoms with Crippen LogP contribution in [-0.2, 0) is 7.05 Å². The number of ether oxygens (including phenoxy) is 1. The molecule has 1 fully saturated rings. The number of aromatic nitrogens is 4. The van der Waals surface area contributed by atoms with Crippen molar-refractivity contribution < 1.29 is 9.53 Å². The SMILES string of the molecule is COc1ccc(-c2cnc(N(C)C)nc2[C@@H]2CCCCN2C(=O)c2cnn(C)c2C)cc1. The lowest BCUT2D eigenvalue weighted by molar-refractivity contribution is 0.0606. The molecule has 3 heterocycles. The third kappa shape index (κ3) is 4.04. The van der Waals surface area contributed by atoms with Gasteiger partial charge in [0.2, 0.25) is 5.95 Å². The number of benzene rings is 1. The van der Waals surface area contributed by atoms with Crippen LogP contribution in [0.4, 0.5) is 5.95 Å². The minimum Gasteiger partial charge on any atom is -0.497 e. The molecule has 1 aliphatic heterocycles. The van der Waals surface area contributed by atoms with Crippen LogP contribution in [0.5, 0.6) is 5.75 Å². The number of hydrogen-bond donors (Lipinski definition) is 0. The van der Waals surface area contributed by atoms with Crippen LogP contribution in [0.3, 0.4) is 0 Å². The summed E-state index contributed by atoms with van der Waals surface area (Å²) in [6, 6.07) is 7.76. The third-order valence-electron chi connectivity index (χ3n) is 6.15. The molecule has 1 amide bonds. The number of anilines is 1. The predicted molar refractivity (Wildman–Crippen MR) is 124 cm³/mol. The van der Waals surface area contributed by atoms with E-state index >= 15 is 0 Å². The van der Waals surface area contributed by atoms with Gasteiger partial charge in [0.25, 0.3) is 5.91 Å². The van der Waals surface area contributed by atoms with Crippen LogP contribution in [0, 0.1) is 6.92 Å². The molecule has 4 rings (SSSR count). The van der Waals surface area contributed by atoms with Gasteiger partial charge in [-0.3, -0.25) is 9.48 Å². The van der Waals surface area contributed by atoms with Crippen LogP contribution in [0.15, 0.2) is 36.7 Å². The highest BCUT2D eigenvalue weighted by molar-refractivity contribution is 5.95. The van der Waals surface area contributed by atoms with Gasteiger partial charge in [-0.25, -0.2) is 9.97 Å². The summed E-state index contributed by atoms with van der Waals surface area (Å²) >= 11 is 0. The first-order valence-electron chi connectivity index (χ1n) is 10.9. The summed E-state index contributed by atoms with van der Waals surface area (Å²) in [5.74, 6) is 1.43. The molecule has 0 bridgehead atoms.